The van der Waals surface area contributed by atoms with Crippen LogP contribution in [0.1, 0.15) is 104 Å². The van der Waals surface area contributed by atoms with E-state index in [-0.39, 0.29) is 24.0 Å². The van der Waals surface area contributed by atoms with Gasteiger partial charge in [-0.2, -0.15) is 0 Å². The summed E-state index contributed by atoms with van der Waals surface area (Å²) in [5.41, 5.74) is 0.170. The lowest BCUT2D eigenvalue weighted by molar-refractivity contribution is -0.143. The fourth-order valence-corrected chi connectivity index (χ4v) is 4.69. The number of phenolic OH excluding ortho intramolecular Hbond substituents is 1. The van der Waals surface area contributed by atoms with Gasteiger partial charge in [0.05, 0.1) is 0 Å². The normalized spacial score (nSPS) is 13.1. The molecule has 0 aromatic heterocycles. The monoisotopic (exact) mass is 581 g/mol. The molecule has 0 aliphatic heterocycles. The van der Waals surface area contributed by atoms with Crippen LogP contribution >= 0.6 is 0 Å². The number of carbonyl (C=O) groups excluding carboxylic acids is 3. The van der Waals surface area contributed by atoms with Crippen molar-refractivity contribution in [1.29, 1.82) is 0 Å². The van der Waals surface area contributed by atoms with Crippen LogP contribution in [0.25, 0.3) is 0 Å². The van der Waals surface area contributed by atoms with E-state index in [9.17, 15) is 19.5 Å². The van der Waals surface area contributed by atoms with Gasteiger partial charge in [-0.3, -0.25) is 9.59 Å². The van der Waals surface area contributed by atoms with Crippen molar-refractivity contribution < 1.29 is 24.2 Å². The largest absolute Gasteiger partial charge is 0.508 e. The minimum atomic E-state index is -1.00. The van der Waals surface area contributed by atoms with Gasteiger partial charge in [0.15, 0.2) is 0 Å². The van der Waals surface area contributed by atoms with Gasteiger partial charge in [-0.1, -0.05) is 81.5 Å². The molecular formula is C34H51N3O5. The molecule has 0 fully saturated rings. The number of rotatable bonds is 14. The number of benzene rings is 2. The number of nitrogens with one attached hydrogen (secondary N) is 2. The maximum Gasteiger partial charge on any atom is 0.408 e. The molecule has 2 rings (SSSR count). The summed E-state index contributed by atoms with van der Waals surface area (Å²) in [6, 6.07) is 13.9. The standard InChI is InChI=1S/C34H51N3O5/c1-8-9-10-11-12-16-23-37(29(26-17-14-13-15-18-26)30(39)36-33(2,3)4)31(40)28(35-32(41)42-34(5,6)7)24-25-19-21-27(38)22-20-25/h13-15,17-22,28-29,38H,8-12,16,23-24H2,1-7H3,(H,35,41)(H,36,39). The summed E-state index contributed by atoms with van der Waals surface area (Å²) in [6.07, 6.45) is 5.57. The summed E-state index contributed by atoms with van der Waals surface area (Å²) in [5, 5.41) is 15.6. The van der Waals surface area contributed by atoms with Gasteiger partial charge in [0.1, 0.15) is 23.4 Å². The van der Waals surface area contributed by atoms with Crippen molar-refractivity contribution >= 4 is 17.9 Å². The van der Waals surface area contributed by atoms with E-state index in [0.717, 1.165) is 44.1 Å². The Bertz CT molecular complexity index is 1120. The number of nitrogens with zero attached hydrogens (tertiary/aromatic N) is 1. The number of hydrogen-bond donors (Lipinski definition) is 3. The first kappa shape index (κ1) is 34.7. The van der Waals surface area contributed by atoms with Crippen LogP contribution in [-0.2, 0) is 20.7 Å². The van der Waals surface area contributed by atoms with E-state index in [1.807, 2.05) is 51.1 Å². The van der Waals surface area contributed by atoms with Gasteiger partial charge >= 0.3 is 6.09 Å². The van der Waals surface area contributed by atoms with Crippen molar-refractivity contribution in [1.82, 2.24) is 15.5 Å². The van der Waals surface area contributed by atoms with E-state index < -0.39 is 29.3 Å². The zero-order valence-corrected chi connectivity index (χ0v) is 26.5. The Morgan fingerprint density at radius 3 is 2.02 bits per heavy atom. The highest BCUT2D eigenvalue weighted by Crippen LogP contribution is 2.25. The molecule has 0 bridgehead atoms. The highest BCUT2D eigenvalue weighted by Gasteiger charge is 2.37. The van der Waals surface area contributed by atoms with E-state index in [2.05, 4.69) is 17.6 Å². The Morgan fingerprint density at radius 2 is 1.45 bits per heavy atom. The third-order valence-corrected chi connectivity index (χ3v) is 6.57. The van der Waals surface area contributed by atoms with Gasteiger partial charge in [-0.05, 0) is 71.2 Å². The Balaban J connectivity index is 2.51. The first-order valence-electron chi connectivity index (χ1n) is 15.1. The first-order valence-corrected chi connectivity index (χ1v) is 15.1. The molecule has 232 valence electrons. The van der Waals surface area contributed by atoms with Crippen LogP contribution in [0.15, 0.2) is 54.6 Å². The van der Waals surface area contributed by atoms with Crippen molar-refractivity contribution in [3.63, 3.8) is 0 Å². The summed E-state index contributed by atoms with van der Waals surface area (Å²) < 4.78 is 5.51. The lowest BCUT2D eigenvalue weighted by Crippen LogP contribution is -2.55. The number of amides is 3. The van der Waals surface area contributed by atoms with Crippen LogP contribution in [-0.4, -0.2) is 51.6 Å². The Labute approximate surface area is 252 Å². The summed E-state index contributed by atoms with van der Waals surface area (Å²) in [6.45, 7) is 13.5. The molecule has 0 saturated heterocycles. The van der Waals surface area contributed by atoms with Crippen molar-refractivity contribution in [2.24, 2.45) is 0 Å². The molecule has 2 aromatic carbocycles. The van der Waals surface area contributed by atoms with Gasteiger partial charge in [-0.25, -0.2) is 4.79 Å². The maximum absolute atomic E-state index is 14.5. The fraction of sp³-hybridized carbons (Fsp3) is 0.559. The minimum Gasteiger partial charge on any atom is -0.508 e. The van der Waals surface area contributed by atoms with Gasteiger partial charge < -0.3 is 25.4 Å². The molecule has 2 unspecified atom stereocenters. The molecule has 0 aliphatic carbocycles. The average Bonchev–Trinajstić information content (AvgIpc) is 2.89. The van der Waals surface area contributed by atoms with Crippen LogP contribution in [0, 0.1) is 0 Å². The summed E-state index contributed by atoms with van der Waals surface area (Å²) in [5.74, 6) is -0.552. The molecule has 8 nitrogen and oxygen atoms in total. The number of aromatic hydroxyl groups is 1. The molecule has 0 heterocycles. The summed E-state index contributed by atoms with van der Waals surface area (Å²) >= 11 is 0. The Kier molecular flexibility index (Phi) is 13.4. The predicted octanol–water partition coefficient (Wildman–Crippen LogP) is 6.67. The minimum absolute atomic E-state index is 0.106. The molecule has 3 N–H and O–H groups in total. The zero-order valence-electron chi connectivity index (χ0n) is 26.5. The smallest absolute Gasteiger partial charge is 0.408 e. The van der Waals surface area contributed by atoms with Crippen LogP contribution in [0.5, 0.6) is 5.75 Å². The van der Waals surface area contributed by atoms with Crippen LogP contribution < -0.4 is 10.6 Å². The predicted molar refractivity (Wildman–Crippen MR) is 167 cm³/mol. The van der Waals surface area contributed by atoms with Gasteiger partial charge in [0.2, 0.25) is 11.8 Å². The van der Waals surface area contributed by atoms with Gasteiger partial charge in [0.25, 0.3) is 0 Å². The third kappa shape index (κ3) is 12.5. The molecule has 0 spiro atoms. The van der Waals surface area contributed by atoms with Crippen molar-refractivity contribution in [2.75, 3.05) is 6.54 Å². The molecule has 2 aromatic rings. The van der Waals surface area contributed by atoms with Gasteiger partial charge in [-0.15, -0.1) is 0 Å². The summed E-state index contributed by atoms with van der Waals surface area (Å²) in [4.78, 5) is 42.9. The molecule has 42 heavy (non-hydrogen) atoms. The number of alkyl carbamates (subject to hydrolysis) is 1. The van der Waals surface area contributed by atoms with Crippen molar-refractivity contribution in [3.8, 4) is 5.75 Å². The highest BCUT2D eigenvalue weighted by molar-refractivity contribution is 5.92. The van der Waals surface area contributed by atoms with Crippen molar-refractivity contribution in [3.05, 3.63) is 65.7 Å². The molecule has 0 aliphatic rings. The van der Waals surface area contributed by atoms with Crippen LogP contribution in [0.2, 0.25) is 0 Å². The topological polar surface area (TPSA) is 108 Å². The van der Waals surface area contributed by atoms with Crippen molar-refractivity contribution in [2.45, 2.75) is 117 Å². The van der Waals surface area contributed by atoms with Crippen LogP contribution in [0.3, 0.4) is 0 Å². The quantitative estimate of drug-likeness (QED) is 0.216. The number of carbonyl (C=O) groups is 3. The zero-order chi connectivity index (χ0) is 31.3. The average molecular weight is 582 g/mol. The number of unbranched alkanes of at least 4 members (excludes halogenated alkanes) is 5. The second-order valence-corrected chi connectivity index (χ2v) is 12.9. The fourth-order valence-electron chi connectivity index (χ4n) is 4.69. The second kappa shape index (κ2) is 16.2. The molecule has 0 radical (unpaired) electrons. The third-order valence-electron chi connectivity index (χ3n) is 6.57. The second-order valence-electron chi connectivity index (χ2n) is 12.9. The first-order chi connectivity index (χ1) is 19.7. The summed E-state index contributed by atoms with van der Waals surface area (Å²) in [7, 11) is 0. The van der Waals surface area contributed by atoms with Gasteiger partial charge in [0, 0.05) is 18.5 Å². The molecule has 0 saturated carbocycles. The Hall–Kier alpha value is -3.55. The lowest BCUT2D eigenvalue weighted by Gasteiger charge is -2.36. The lowest BCUT2D eigenvalue weighted by atomic mass is 9.98. The SMILES string of the molecule is CCCCCCCCN(C(=O)C(Cc1ccc(O)cc1)NC(=O)OC(C)(C)C)C(C(=O)NC(C)(C)C)c1ccccc1. The highest BCUT2D eigenvalue weighted by atomic mass is 16.6. The van der Waals surface area contributed by atoms with E-state index in [1.54, 1.807) is 49.9 Å². The Morgan fingerprint density at radius 1 is 0.857 bits per heavy atom. The van der Waals surface area contributed by atoms with E-state index in [1.165, 1.54) is 0 Å². The van der Waals surface area contributed by atoms with E-state index in [4.69, 9.17) is 4.74 Å². The molecule has 8 heteroatoms. The van der Waals surface area contributed by atoms with E-state index >= 15 is 0 Å². The molecule has 3 amide bonds. The number of hydrogen-bond acceptors (Lipinski definition) is 5. The number of phenols is 1. The molecule has 2 atom stereocenters. The van der Waals surface area contributed by atoms with E-state index in [0.29, 0.717) is 12.1 Å². The maximum atomic E-state index is 14.5. The van der Waals surface area contributed by atoms with Crippen LogP contribution in [0.4, 0.5) is 4.79 Å². The number of ether oxygens (including phenoxy) is 1. The molecular weight excluding hydrogens is 530 g/mol.